The number of hydrogen-bond acceptors (Lipinski definition) is 4. The second-order valence-corrected chi connectivity index (χ2v) is 7.17. The molecule has 1 aliphatic heterocycles. The maximum absolute atomic E-state index is 12.2. The summed E-state index contributed by atoms with van der Waals surface area (Å²) >= 11 is 0. The number of aromatic hydroxyl groups is 1. The van der Waals surface area contributed by atoms with E-state index in [1.165, 1.54) is 5.52 Å². The summed E-state index contributed by atoms with van der Waals surface area (Å²) in [5.74, 6) is 0.604. The van der Waals surface area contributed by atoms with Crippen molar-refractivity contribution in [3.05, 3.63) is 54.9 Å². The van der Waals surface area contributed by atoms with Crippen LogP contribution in [0.2, 0.25) is 0 Å². The van der Waals surface area contributed by atoms with Gasteiger partial charge in [-0.1, -0.05) is 24.3 Å². The Balaban J connectivity index is 1.27. The first-order chi connectivity index (χ1) is 13.2. The van der Waals surface area contributed by atoms with Gasteiger partial charge in [-0.05, 0) is 56.1 Å². The minimum Gasteiger partial charge on any atom is -0.506 e. The molecule has 2 heterocycles. The Bertz CT molecular complexity index is 929. The monoisotopic (exact) mass is 364 g/mol. The van der Waals surface area contributed by atoms with Crippen molar-refractivity contribution in [3.63, 3.8) is 0 Å². The van der Waals surface area contributed by atoms with Crippen molar-refractivity contribution in [3.8, 4) is 5.75 Å². The predicted molar refractivity (Wildman–Crippen MR) is 106 cm³/mol. The number of phenolic OH excluding ortho intramolecular Hbond substituents is 1. The van der Waals surface area contributed by atoms with Crippen LogP contribution in [0.25, 0.3) is 11.0 Å². The second-order valence-electron chi connectivity index (χ2n) is 7.17. The van der Waals surface area contributed by atoms with Crippen molar-refractivity contribution in [1.29, 1.82) is 0 Å². The van der Waals surface area contributed by atoms with Crippen molar-refractivity contribution < 1.29 is 9.90 Å². The van der Waals surface area contributed by atoms with Gasteiger partial charge in [0.25, 0.3) is 0 Å². The highest BCUT2D eigenvalue weighted by Gasteiger charge is 2.22. The molecule has 1 amide bonds. The molecule has 0 aliphatic carbocycles. The number of amides is 1. The van der Waals surface area contributed by atoms with Crippen LogP contribution in [0.4, 0.5) is 5.69 Å². The van der Waals surface area contributed by atoms with E-state index in [-0.39, 0.29) is 11.7 Å². The van der Waals surface area contributed by atoms with Crippen LogP contribution in [0.15, 0.2) is 54.9 Å². The summed E-state index contributed by atoms with van der Waals surface area (Å²) in [5.41, 5.74) is 2.68. The molecule has 1 saturated heterocycles. The molecule has 0 atom stereocenters. The second kappa shape index (κ2) is 7.80. The number of rotatable bonds is 5. The van der Waals surface area contributed by atoms with E-state index < -0.39 is 0 Å². The van der Waals surface area contributed by atoms with Gasteiger partial charge in [0, 0.05) is 6.54 Å². The highest BCUT2D eigenvalue weighted by molar-refractivity contribution is 5.93. The number of benzene rings is 2. The molecule has 140 valence electrons. The lowest BCUT2D eigenvalue weighted by molar-refractivity contribution is -0.117. The molecule has 4 rings (SSSR count). The number of anilines is 1. The number of carbonyl (C=O) groups excluding carboxylic acids is 1. The van der Waals surface area contributed by atoms with Crippen molar-refractivity contribution in [1.82, 2.24) is 14.5 Å². The fourth-order valence-electron chi connectivity index (χ4n) is 3.73. The number of fused-ring (bicyclic) bond motifs is 1. The Morgan fingerprint density at radius 3 is 2.67 bits per heavy atom. The Morgan fingerprint density at radius 1 is 1.11 bits per heavy atom. The zero-order chi connectivity index (χ0) is 18.6. The van der Waals surface area contributed by atoms with Crippen LogP contribution in [0, 0.1) is 5.92 Å². The molecule has 2 N–H and O–H groups in total. The van der Waals surface area contributed by atoms with E-state index >= 15 is 0 Å². The van der Waals surface area contributed by atoms with Gasteiger partial charge in [0.2, 0.25) is 5.91 Å². The average Bonchev–Trinajstić information content (AvgIpc) is 3.08. The number of imidazole rings is 1. The molecule has 3 aromatic rings. The van der Waals surface area contributed by atoms with E-state index in [0.717, 1.165) is 38.0 Å². The molecule has 6 heteroatoms. The van der Waals surface area contributed by atoms with E-state index in [1.54, 1.807) is 24.3 Å². The maximum Gasteiger partial charge on any atom is 0.238 e. The number of para-hydroxylation sites is 4. The Morgan fingerprint density at radius 2 is 1.85 bits per heavy atom. The summed E-state index contributed by atoms with van der Waals surface area (Å²) in [7, 11) is 0. The van der Waals surface area contributed by atoms with Gasteiger partial charge in [0.1, 0.15) is 5.75 Å². The molecule has 1 aromatic heterocycles. The van der Waals surface area contributed by atoms with Crippen LogP contribution in [-0.4, -0.2) is 45.1 Å². The third kappa shape index (κ3) is 4.11. The van der Waals surface area contributed by atoms with Gasteiger partial charge < -0.3 is 15.0 Å². The Hall–Kier alpha value is -2.86. The topological polar surface area (TPSA) is 70.4 Å². The SMILES string of the molecule is O=C(CN1CCC(Cn2cnc3ccccc32)CC1)Nc1ccccc1O. The standard InChI is InChI=1S/C21H24N4O2/c26-20-8-4-2-6-18(20)23-21(27)14-24-11-9-16(10-12-24)13-25-15-22-17-5-1-3-7-19(17)25/h1-8,15-16,26H,9-14H2,(H,23,27). The summed E-state index contributed by atoms with van der Waals surface area (Å²) in [5, 5.41) is 12.5. The molecule has 0 spiro atoms. The summed E-state index contributed by atoms with van der Waals surface area (Å²) in [4.78, 5) is 18.9. The first-order valence-electron chi connectivity index (χ1n) is 9.39. The number of nitrogens with zero attached hydrogens (tertiary/aromatic N) is 3. The van der Waals surface area contributed by atoms with Crippen molar-refractivity contribution in [2.75, 3.05) is 25.0 Å². The van der Waals surface area contributed by atoms with Gasteiger partial charge in [0.15, 0.2) is 0 Å². The van der Waals surface area contributed by atoms with Gasteiger partial charge in [0.05, 0.1) is 29.6 Å². The summed E-state index contributed by atoms with van der Waals surface area (Å²) in [6, 6.07) is 15.0. The number of nitrogens with one attached hydrogen (secondary N) is 1. The largest absolute Gasteiger partial charge is 0.506 e. The molecule has 0 saturated carbocycles. The molecule has 0 radical (unpaired) electrons. The van der Waals surface area contributed by atoms with Crippen LogP contribution >= 0.6 is 0 Å². The highest BCUT2D eigenvalue weighted by atomic mass is 16.3. The Labute approximate surface area is 158 Å². The van der Waals surface area contributed by atoms with Crippen LogP contribution < -0.4 is 5.32 Å². The number of aromatic nitrogens is 2. The van der Waals surface area contributed by atoms with Crippen molar-refractivity contribution in [2.24, 2.45) is 5.92 Å². The third-order valence-electron chi connectivity index (χ3n) is 5.23. The normalized spacial score (nSPS) is 15.9. The summed E-state index contributed by atoms with van der Waals surface area (Å²) in [6.07, 6.45) is 4.06. The van der Waals surface area contributed by atoms with Gasteiger partial charge in [-0.25, -0.2) is 4.98 Å². The van der Waals surface area contributed by atoms with E-state index in [9.17, 15) is 9.90 Å². The van der Waals surface area contributed by atoms with E-state index in [2.05, 4.69) is 25.8 Å². The van der Waals surface area contributed by atoms with Crippen LogP contribution in [0.5, 0.6) is 5.75 Å². The van der Waals surface area contributed by atoms with Crippen LogP contribution in [-0.2, 0) is 11.3 Å². The van der Waals surface area contributed by atoms with Gasteiger partial charge in [-0.15, -0.1) is 0 Å². The quantitative estimate of drug-likeness (QED) is 0.683. The third-order valence-corrected chi connectivity index (χ3v) is 5.23. The molecule has 0 bridgehead atoms. The van der Waals surface area contributed by atoms with E-state index in [4.69, 9.17) is 0 Å². The van der Waals surface area contributed by atoms with E-state index in [0.29, 0.717) is 18.2 Å². The summed E-state index contributed by atoms with van der Waals surface area (Å²) in [6.45, 7) is 3.14. The van der Waals surface area contributed by atoms with Crippen molar-refractivity contribution in [2.45, 2.75) is 19.4 Å². The van der Waals surface area contributed by atoms with Crippen LogP contribution in [0.1, 0.15) is 12.8 Å². The molecule has 6 nitrogen and oxygen atoms in total. The first-order valence-corrected chi connectivity index (χ1v) is 9.39. The predicted octanol–water partition coefficient (Wildman–Crippen LogP) is 3.09. The number of piperidine rings is 1. The van der Waals surface area contributed by atoms with E-state index in [1.807, 2.05) is 24.5 Å². The van der Waals surface area contributed by atoms with Crippen molar-refractivity contribution >= 4 is 22.6 Å². The number of phenols is 1. The zero-order valence-corrected chi connectivity index (χ0v) is 15.2. The Kier molecular flexibility index (Phi) is 5.07. The van der Waals surface area contributed by atoms with Gasteiger partial charge >= 0.3 is 0 Å². The molecule has 1 fully saturated rings. The first kappa shape index (κ1) is 17.5. The lowest BCUT2D eigenvalue weighted by Gasteiger charge is -2.31. The molecule has 0 unspecified atom stereocenters. The maximum atomic E-state index is 12.2. The molecular weight excluding hydrogens is 340 g/mol. The molecule has 2 aromatic carbocycles. The number of carbonyl (C=O) groups is 1. The number of likely N-dealkylation sites (tertiary alicyclic amines) is 1. The van der Waals surface area contributed by atoms with Crippen LogP contribution in [0.3, 0.4) is 0 Å². The lowest BCUT2D eigenvalue weighted by atomic mass is 9.96. The lowest BCUT2D eigenvalue weighted by Crippen LogP contribution is -2.39. The van der Waals surface area contributed by atoms with Gasteiger partial charge in [-0.3, -0.25) is 9.69 Å². The molecule has 27 heavy (non-hydrogen) atoms. The minimum absolute atomic E-state index is 0.0875. The zero-order valence-electron chi connectivity index (χ0n) is 15.2. The fourth-order valence-corrected chi connectivity index (χ4v) is 3.73. The fraction of sp³-hybridized carbons (Fsp3) is 0.333. The van der Waals surface area contributed by atoms with Gasteiger partial charge in [-0.2, -0.15) is 0 Å². The molecular formula is C21H24N4O2. The molecule has 1 aliphatic rings. The average molecular weight is 364 g/mol. The smallest absolute Gasteiger partial charge is 0.238 e. The highest BCUT2D eigenvalue weighted by Crippen LogP contribution is 2.23. The minimum atomic E-state index is -0.0875. The number of hydrogen-bond donors (Lipinski definition) is 2. The summed E-state index contributed by atoms with van der Waals surface area (Å²) < 4.78 is 2.24.